The Labute approximate surface area is 178 Å². The first-order valence-electron chi connectivity index (χ1n) is 9.60. The summed E-state index contributed by atoms with van der Waals surface area (Å²) in [6.45, 7) is 7.94. The highest BCUT2D eigenvalue weighted by atomic mass is 127. The van der Waals surface area contributed by atoms with Gasteiger partial charge < -0.3 is 24.6 Å². The van der Waals surface area contributed by atoms with Crippen LogP contribution in [0.1, 0.15) is 18.4 Å². The maximum absolute atomic E-state index is 5.65. The molecule has 1 N–H and O–H groups in total. The van der Waals surface area contributed by atoms with Gasteiger partial charge in [0.1, 0.15) is 5.82 Å². The van der Waals surface area contributed by atoms with E-state index in [2.05, 4.69) is 31.2 Å². The second kappa shape index (κ2) is 9.38. The molecule has 1 aromatic heterocycles. The van der Waals surface area contributed by atoms with Gasteiger partial charge in [-0.15, -0.1) is 24.0 Å². The van der Waals surface area contributed by atoms with Crippen LogP contribution in [0.4, 0.5) is 5.82 Å². The highest BCUT2D eigenvalue weighted by molar-refractivity contribution is 14.0. The summed E-state index contributed by atoms with van der Waals surface area (Å²) in [5.74, 6) is 2.03. The smallest absolute Gasteiger partial charge is 0.193 e. The van der Waals surface area contributed by atoms with Gasteiger partial charge in [-0.1, -0.05) is 6.07 Å². The lowest BCUT2D eigenvalue weighted by atomic mass is 9.87. The third kappa shape index (κ3) is 4.65. The van der Waals surface area contributed by atoms with Gasteiger partial charge in [0.15, 0.2) is 5.96 Å². The van der Waals surface area contributed by atoms with Crippen LogP contribution < -0.4 is 10.2 Å². The molecule has 150 valence electrons. The van der Waals surface area contributed by atoms with E-state index < -0.39 is 0 Å². The number of hydrogen-bond acceptors (Lipinski definition) is 5. The summed E-state index contributed by atoms with van der Waals surface area (Å²) in [6, 6.07) is 4.15. The lowest BCUT2D eigenvalue weighted by Gasteiger charge is -2.30. The summed E-state index contributed by atoms with van der Waals surface area (Å²) in [4.78, 5) is 13.8. The van der Waals surface area contributed by atoms with E-state index in [1.165, 1.54) is 18.4 Å². The zero-order valence-corrected chi connectivity index (χ0v) is 18.4. The number of aromatic nitrogens is 1. The molecule has 0 amide bonds. The number of ether oxygens (including phenoxy) is 2. The Morgan fingerprint density at radius 3 is 2.81 bits per heavy atom. The summed E-state index contributed by atoms with van der Waals surface area (Å²) in [5.41, 5.74) is 1.54. The van der Waals surface area contributed by atoms with Crippen LogP contribution >= 0.6 is 24.0 Å². The topological polar surface area (TPSA) is 62.2 Å². The van der Waals surface area contributed by atoms with E-state index in [4.69, 9.17) is 9.47 Å². The van der Waals surface area contributed by atoms with Crippen molar-refractivity contribution in [2.24, 2.45) is 10.4 Å². The first-order chi connectivity index (χ1) is 12.8. The summed E-state index contributed by atoms with van der Waals surface area (Å²) >= 11 is 0. The van der Waals surface area contributed by atoms with Crippen molar-refractivity contribution in [3.8, 4) is 0 Å². The van der Waals surface area contributed by atoms with E-state index in [0.717, 1.165) is 70.9 Å². The molecule has 1 unspecified atom stereocenters. The fourth-order valence-electron chi connectivity index (χ4n) is 4.22. The molecule has 1 spiro atoms. The zero-order chi connectivity index (χ0) is 17.8. The van der Waals surface area contributed by atoms with E-state index >= 15 is 0 Å². The zero-order valence-electron chi connectivity index (χ0n) is 16.0. The predicted molar refractivity (Wildman–Crippen MR) is 117 cm³/mol. The van der Waals surface area contributed by atoms with Crippen molar-refractivity contribution in [1.82, 2.24) is 15.2 Å². The molecule has 0 radical (unpaired) electrons. The van der Waals surface area contributed by atoms with Crippen LogP contribution in [0.5, 0.6) is 0 Å². The first-order valence-corrected chi connectivity index (χ1v) is 9.60. The van der Waals surface area contributed by atoms with Gasteiger partial charge in [-0.3, -0.25) is 4.99 Å². The monoisotopic (exact) mass is 487 g/mol. The SMILES string of the molecule is CN=C(NCc1cccnc1N1CCOCC1)N1CCC2(CCOC2)C1.I. The average Bonchev–Trinajstić information content (AvgIpc) is 3.33. The standard InChI is InChI=1S/C19H29N5O2.HI/c1-20-18(24-7-4-19(14-24)5-10-26-15-19)22-13-16-3-2-6-21-17(16)23-8-11-25-12-9-23;/h2-3,6H,4-5,7-15H2,1H3,(H,20,22);1H. The third-order valence-electron chi connectivity index (χ3n) is 5.75. The average molecular weight is 487 g/mol. The molecule has 4 heterocycles. The maximum atomic E-state index is 5.65. The Kier molecular flexibility index (Phi) is 7.16. The number of aliphatic imine (C=N–C) groups is 1. The Balaban J connectivity index is 0.00000210. The van der Waals surface area contributed by atoms with Gasteiger partial charge in [-0.2, -0.15) is 0 Å². The molecule has 27 heavy (non-hydrogen) atoms. The van der Waals surface area contributed by atoms with Crippen molar-refractivity contribution in [2.75, 3.05) is 64.6 Å². The molecule has 3 saturated heterocycles. The van der Waals surface area contributed by atoms with Crippen LogP contribution in [0, 0.1) is 5.41 Å². The van der Waals surface area contributed by atoms with E-state index in [1.54, 1.807) is 0 Å². The third-order valence-corrected chi connectivity index (χ3v) is 5.75. The molecule has 3 aliphatic rings. The number of nitrogens with zero attached hydrogens (tertiary/aromatic N) is 4. The van der Waals surface area contributed by atoms with Crippen LogP contribution in [0.25, 0.3) is 0 Å². The van der Waals surface area contributed by atoms with Gasteiger partial charge in [-0.25, -0.2) is 4.98 Å². The molecule has 3 fully saturated rings. The Hall–Kier alpha value is -1.13. The highest BCUT2D eigenvalue weighted by Gasteiger charge is 2.42. The molecule has 4 rings (SSSR count). The molecule has 0 aliphatic carbocycles. The number of morpholine rings is 1. The normalized spacial score (nSPS) is 25.7. The molecule has 7 nitrogen and oxygen atoms in total. The summed E-state index contributed by atoms with van der Waals surface area (Å²) < 4.78 is 11.1. The van der Waals surface area contributed by atoms with E-state index in [0.29, 0.717) is 5.41 Å². The first kappa shape index (κ1) is 20.6. The quantitative estimate of drug-likeness (QED) is 0.398. The van der Waals surface area contributed by atoms with Crippen LogP contribution in [-0.4, -0.2) is 75.5 Å². The number of guanidine groups is 1. The van der Waals surface area contributed by atoms with Crippen LogP contribution in [-0.2, 0) is 16.0 Å². The molecular weight excluding hydrogens is 457 g/mol. The Bertz CT molecular complexity index is 645. The molecule has 0 aromatic carbocycles. The number of rotatable bonds is 3. The van der Waals surface area contributed by atoms with Crippen molar-refractivity contribution >= 4 is 35.8 Å². The lowest BCUT2D eigenvalue weighted by molar-refractivity contribution is 0.122. The molecule has 1 atom stereocenters. The minimum Gasteiger partial charge on any atom is -0.381 e. The number of halogens is 1. The highest BCUT2D eigenvalue weighted by Crippen LogP contribution is 2.38. The second-order valence-corrected chi connectivity index (χ2v) is 7.46. The van der Waals surface area contributed by atoms with Gasteiger partial charge >= 0.3 is 0 Å². The summed E-state index contributed by atoms with van der Waals surface area (Å²) in [5, 5.41) is 3.55. The maximum Gasteiger partial charge on any atom is 0.193 e. The van der Waals surface area contributed by atoms with Gasteiger partial charge in [0.2, 0.25) is 0 Å². The van der Waals surface area contributed by atoms with E-state index in [1.807, 2.05) is 19.3 Å². The Morgan fingerprint density at radius 1 is 1.22 bits per heavy atom. The molecule has 1 aromatic rings. The fourth-order valence-corrected chi connectivity index (χ4v) is 4.22. The van der Waals surface area contributed by atoms with E-state index in [9.17, 15) is 0 Å². The molecule has 0 saturated carbocycles. The largest absolute Gasteiger partial charge is 0.381 e. The molecule has 8 heteroatoms. The predicted octanol–water partition coefficient (Wildman–Crippen LogP) is 1.72. The Morgan fingerprint density at radius 2 is 2.07 bits per heavy atom. The number of likely N-dealkylation sites (tertiary alicyclic amines) is 1. The summed E-state index contributed by atoms with van der Waals surface area (Å²) in [6.07, 6.45) is 4.23. The van der Waals surface area contributed by atoms with Gasteiger partial charge in [0, 0.05) is 63.6 Å². The van der Waals surface area contributed by atoms with Crippen molar-refractivity contribution in [3.05, 3.63) is 23.9 Å². The molecular formula is C19H30IN5O2. The van der Waals surface area contributed by atoms with Crippen molar-refractivity contribution < 1.29 is 9.47 Å². The number of anilines is 1. The summed E-state index contributed by atoms with van der Waals surface area (Å²) in [7, 11) is 1.87. The number of hydrogen-bond donors (Lipinski definition) is 1. The minimum absolute atomic E-state index is 0. The number of nitrogens with one attached hydrogen (secondary N) is 1. The van der Waals surface area contributed by atoms with Crippen molar-refractivity contribution in [3.63, 3.8) is 0 Å². The van der Waals surface area contributed by atoms with Crippen LogP contribution in [0.3, 0.4) is 0 Å². The fraction of sp³-hybridized carbons (Fsp3) is 0.684. The second-order valence-electron chi connectivity index (χ2n) is 7.46. The van der Waals surface area contributed by atoms with Crippen LogP contribution in [0.2, 0.25) is 0 Å². The minimum atomic E-state index is 0. The van der Waals surface area contributed by atoms with Crippen LogP contribution in [0.15, 0.2) is 23.3 Å². The molecule has 0 bridgehead atoms. The van der Waals surface area contributed by atoms with Crippen molar-refractivity contribution in [1.29, 1.82) is 0 Å². The molecule has 3 aliphatic heterocycles. The van der Waals surface area contributed by atoms with Gasteiger partial charge in [0.25, 0.3) is 0 Å². The lowest BCUT2D eigenvalue weighted by Crippen LogP contribution is -2.42. The van der Waals surface area contributed by atoms with E-state index in [-0.39, 0.29) is 24.0 Å². The number of pyridine rings is 1. The van der Waals surface area contributed by atoms with Gasteiger partial charge in [-0.05, 0) is 18.9 Å². The van der Waals surface area contributed by atoms with Crippen molar-refractivity contribution in [2.45, 2.75) is 19.4 Å². The van der Waals surface area contributed by atoms with Gasteiger partial charge in [0.05, 0.1) is 19.8 Å².